The Labute approximate surface area is 182 Å². The normalized spacial score (nSPS) is 14.4. The minimum Gasteiger partial charge on any atom is -0.353 e. The minimum atomic E-state index is -0.215. The Hall–Kier alpha value is -2.02. The lowest BCUT2D eigenvalue weighted by molar-refractivity contribution is -0.119. The van der Waals surface area contributed by atoms with Crippen LogP contribution in [-0.2, 0) is 4.79 Å². The maximum Gasteiger partial charge on any atom is 0.266 e. The molecule has 2 aromatic carbocycles. The summed E-state index contributed by atoms with van der Waals surface area (Å²) in [4.78, 5) is 30.2. The molecule has 0 unspecified atom stereocenters. The highest BCUT2D eigenvalue weighted by Gasteiger charge is 2.19. The van der Waals surface area contributed by atoms with Gasteiger partial charge in [-0.2, -0.15) is 0 Å². The van der Waals surface area contributed by atoms with Gasteiger partial charge in [-0.25, -0.2) is 4.98 Å². The number of para-hydroxylation sites is 1. The van der Waals surface area contributed by atoms with Crippen molar-refractivity contribution in [2.45, 2.75) is 36.9 Å². The van der Waals surface area contributed by atoms with Crippen molar-refractivity contribution in [3.05, 3.63) is 62.9 Å². The molecule has 1 saturated carbocycles. The van der Waals surface area contributed by atoms with Gasteiger partial charge in [0.2, 0.25) is 5.91 Å². The smallest absolute Gasteiger partial charge is 0.266 e. The molecule has 150 valence electrons. The van der Waals surface area contributed by atoms with Crippen LogP contribution in [0.15, 0.2) is 52.4 Å². The number of nitrogens with one attached hydrogen (secondary N) is 1. The molecule has 4 rings (SSSR count). The molecular formula is C21H19Cl2N3O2S. The molecule has 1 aliphatic rings. The van der Waals surface area contributed by atoms with Gasteiger partial charge in [0.05, 0.1) is 32.4 Å². The molecular weight excluding hydrogens is 429 g/mol. The summed E-state index contributed by atoms with van der Waals surface area (Å²) >= 11 is 13.4. The summed E-state index contributed by atoms with van der Waals surface area (Å²) < 4.78 is 1.48. The van der Waals surface area contributed by atoms with Crippen molar-refractivity contribution in [2.75, 3.05) is 5.75 Å². The summed E-state index contributed by atoms with van der Waals surface area (Å²) in [6, 6.07) is 12.4. The number of carbonyl (C=O) groups excluding carboxylic acids is 1. The number of aromatic nitrogens is 2. The highest BCUT2D eigenvalue weighted by atomic mass is 35.5. The number of amides is 1. The fourth-order valence-corrected chi connectivity index (χ4v) is 4.65. The van der Waals surface area contributed by atoms with E-state index in [9.17, 15) is 9.59 Å². The van der Waals surface area contributed by atoms with E-state index in [1.165, 1.54) is 16.3 Å². The van der Waals surface area contributed by atoms with Crippen molar-refractivity contribution >= 4 is 51.8 Å². The zero-order valence-electron chi connectivity index (χ0n) is 15.5. The van der Waals surface area contributed by atoms with Gasteiger partial charge in [-0.15, -0.1) is 0 Å². The van der Waals surface area contributed by atoms with E-state index in [4.69, 9.17) is 23.2 Å². The third-order valence-corrected chi connectivity index (χ3v) is 6.64. The molecule has 8 heteroatoms. The largest absolute Gasteiger partial charge is 0.353 e. The first-order valence-corrected chi connectivity index (χ1v) is 11.2. The zero-order chi connectivity index (χ0) is 20.4. The maximum atomic E-state index is 13.2. The van der Waals surface area contributed by atoms with Crippen molar-refractivity contribution in [3.8, 4) is 5.69 Å². The van der Waals surface area contributed by atoms with E-state index in [0.717, 1.165) is 25.7 Å². The first kappa shape index (κ1) is 20.3. The van der Waals surface area contributed by atoms with Gasteiger partial charge < -0.3 is 5.32 Å². The van der Waals surface area contributed by atoms with Crippen LogP contribution < -0.4 is 10.9 Å². The Morgan fingerprint density at radius 2 is 1.90 bits per heavy atom. The molecule has 0 aliphatic heterocycles. The van der Waals surface area contributed by atoms with E-state index in [2.05, 4.69) is 10.3 Å². The van der Waals surface area contributed by atoms with E-state index in [-0.39, 0.29) is 23.3 Å². The molecule has 0 bridgehead atoms. The van der Waals surface area contributed by atoms with E-state index in [1.807, 2.05) is 6.07 Å². The number of nitrogens with zero attached hydrogens (tertiary/aromatic N) is 2. The summed E-state index contributed by atoms with van der Waals surface area (Å²) in [6.45, 7) is 0. The average Bonchev–Trinajstić information content (AvgIpc) is 3.22. The zero-order valence-corrected chi connectivity index (χ0v) is 17.9. The first-order chi connectivity index (χ1) is 14.0. The predicted molar refractivity (Wildman–Crippen MR) is 118 cm³/mol. The molecule has 0 saturated heterocycles. The Bertz CT molecular complexity index is 1130. The van der Waals surface area contributed by atoms with Crippen LogP contribution in [0.1, 0.15) is 25.7 Å². The van der Waals surface area contributed by atoms with E-state index in [1.54, 1.807) is 36.4 Å². The number of thioether (sulfide) groups is 1. The minimum absolute atomic E-state index is 0.0509. The summed E-state index contributed by atoms with van der Waals surface area (Å²) in [5.41, 5.74) is 0.932. The Balaban J connectivity index is 1.70. The third kappa shape index (κ3) is 4.44. The Morgan fingerprint density at radius 1 is 1.14 bits per heavy atom. The predicted octanol–water partition coefficient (Wildman–Crippen LogP) is 4.84. The van der Waals surface area contributed by atoms with Gasteiger partial charge >= 0.3 is 0 Å². The van der Waals surface area contributed by atoms with Crippen LogP contribution in [0.3, 0.4) is 0 Å². The monoisotopic (exact) mass is 447 g/mol. The van der Waals surface area contributed by atoms with Crippen LogP contribution in [0.5, 0.6) is 0 Å². The molecule has 0 radical (unpaired) electrons. The molecule has 1 N–H and O–H groups in total. The van der Waals surface area contributed by atoms with Gasteiger partial charge in [0, 0.05) is 6.04 Å². The summed E-state index contributed by atoms with van der Waals surface area (Å²) in [5.74, 6) is 0.132. The van der Waals surface area contributed by atoms with Gasteiger partial charge in [-0.1, -0.05) is 59.9 Å². The number of hydrogen-bond acceptors (Lipinski definition) is 4. The van der Waals surface area contributed by atoms with E-state index < -0.39 is 0 Å². The van der Waals surface area contributed by atoms with Crippen LogP contribution in [0, 0.1) is 0 Å². The van der Waals surface area contributed by atoms with Gasteiger partial charge in [-0.05, 0) is 43.2 Å². The van der Waals surface area contributed by atoms with Crippen LogP contribution in [0.2, 0.25) is 10.0 Å². The van der Waals surface area contributed by atoms with Crippen molar-refractivity contribution in [1.29, 1.82) is 0 Å². The lowest BCUT2D eigenvalue weighted by atomic mass is 10.2. The van der Waals surface area contributed by atoms with Crippen molar-refractivity contribution < 1.29 is 4.79 Å². The third-order valence-electron chi connectivity index (χ3n) is 4.96. The molecule has 5 nitrogen and oxygen atoms in total. The summed E-state index contributed by atoms with van der Waals surface area (Å²) in [5, 5.41) is 4.75. The molecule has 0 spiro atoms. The SMILES string of the molecule is O=C(CSc1nc2ccccc2c(=O)n1-c1ccc(Cl)c(Cl)c1)NC1CCCC1. The highest BCUT2D eigenvalue weighted by molar-refractivity contribution is 7.99. The fourth-order valence-electron chi connectivity index (χ4n) is 3.53. The van der Waals surface area contributed by atoms with E-state index in [0.29, 0.717) is 31.8 Å². The van der Waals surface area contributed by atoms with Crippen LogP contribution in [-0.4, -0.2) is 27.3 Å². The lowest BCUT2D eigenvalue weighted by Crippen LogP contribution is -2.34. The number of rotatable bonds is 5. The standard InChI is InChI=1S/C21H19Cl2N3O2S/c22-16-10-9-14(11-17(16)23)26-20(28)15-7-3-4-8-18(15)25-21(26)29-12-19(27)24-13-5-1-2-6-13/h3-4,7-11,13H,1-2,5-6,12H2,(H,24,27). The Kier molecular flexibility index (Phi) is 6.13. The van der Waals surface area contributed by atoms with Gasteiger partial charge in [0.15, 0.2) is 5.16 Å². The molecule has 1 heterocycles. The number of fused-ring (bicyclic) bond motifs is 1. The van der Waals surface area contributed by atoms with E-state index >= 15 is 0 Å². The molecule has 3 aromatic rings. The second kappa shape index (κ2) is 8.78. The summed E-state index contributed by atoms with van der Waals surface area (Å²) in [6.07, 6.45) is 4.36. The van der Waals surface area contributed by atoms with Crippen molar-refractivity contribution in [3.63, 3.8) is 0 Å². The molecule has 1 aromatic heterocycles. The number of carbonyl (C=O) groups is 1. The van der Waals surface area contributed by atoms with Gasteiger partial charge in [0.25, 0.3) is 5.56 Å². The average molecular weight is 448 g/mol. The van der Waals surface area contributed by atoms with Gasteiger partial charge in [0.1, 0.15) is 0 Å². The molecule has 0 atom stereocenters. The fraction of sp³-hybridized carbons (Fsp3) is 0.286. The maximum absolute atomic E-state index is 13.2. The Morgan fingerprint density at radius 3 is 2.66 bits per heavy atom. The van der Waals surface area contributed by atoms with Crippen LogP contribution in [0.4, 0.5) is 0 Å². The van der Waals surface area contributed by atoms with Gasteiger partial charge in [-0.3, -0.25) is 14.2 Å². The lowest BCUT2D eigenvalue weighted by Gasteiger charge is -2.15. The van der Waals surface area contributed by atoms with Crippen LogP contribution >= 0.6 is 35.0 Å². The molecule has 1 fully saturated rings. The number of benzene rings is 2. The first-order valence-electron chi connectivity index (χ1n) is 9.42. The molecule has 1 aliphatic carbocycles. The van der Waals surface area contributed by atoms with Crippen molar-refractivity contribution in [1.82, 2.24) is 14.9 Å². The second-order valence-electron chi connectivity index (χ2n) is 6.99. The number of hydrogen-bond donors (Lipinski definition) is 1. The molecule has 29 heavy (non-hydrogen) atoms. The van der Waals surface area contributed by atoms with Crippen molar-refractivity contribution in [2.24, 2.45) is 0 Å². The number of halogens is 2. The topological polar surface area (TPSA) is 64.0 Å². The molecule has 1 amide bonds. The van der Waals surface area contributed by atoms with Crippen LogP contribution in [0.25, 0.3) is 16.6 Å². The summed E-state index contributed by atoms with van der Waals surface area (Å²) in [7, 11) is 0. The highest BCUT2D eigenvalue weighted by Crippen LogP contribution is 2.27. The second-order valence-corrected chi connectivity index (χ2v) is 8.74. The quantitative estimate of drug-likeness (QED) is 0.448.